The molecule has 0 aliphatic rings. The number of carbonyl (C=O) groups is 1. The normalized spacial score (nSPS) is 10.7. The maximum atomic E-state index is 11.7. The molecule has 2 aromatic rings. The zero-order chi connectivity index (χ0) is 17.4. The number of nitrogens with one attached hydrogen (secondary N) is 3. The average molecular weight is 331 g/mol. The standard InChI is InChI=1S/C15H17N5O4/c1-2-24-11-5-3-10(4-6-11)9-16-19-13(21)8-7-12-14(22)17-15(23)20-18-12/h3-6,9H,2,7-8H2,1H3,(H,19,21)(H2,17,20,22,23)/b16-9+. The lowest BCUT2D eigenvalue weighted by Gasteiger charge is -2.02. The number of ether oxygens (including phenoxy) is 1. The van der Waals surface area contributed by atoms with Gasteiger partial charge in [0.1, 0.15) is 11.4 Å². The molecule has 9 heteroatoms. The Hall–Kier alpha value is -3.23. The number of aromatic nitrogens is 3. The number of nitrogens with zero attached hydrogens (tertiary/aromatic N) is 2. The predicted molar refractivity (Wildman–Crippen MR) is 87.1 cm³/mol. The van der Waals surface area contributed by atoms with E-state index >= 15 is 0 Å². The fraction of sp³-hybridized carbons (Fsp3) is 0.267. The van der Waals surface area contributed by atoms with Gasteiger partial charge in [-0.1, -0.05) is 0 Å². The van der Waals surface area contributed by atoms with Crippen molar-refractivity contribution in [3.05, 3.63) is 56.4 Å². The third-order valence-corrected chi connectivity index (χ3v) is 2.96. The summed E-state index contributed by atoms with van der Waals surface area (Å²) in [6.45, 7) is 2.50. The van der Waals surface area contributed by atoms with Crippen molar-refractivity contribution in [3.8, 4) is 5.75 Å². The van der Waals surface area contributed by atoms with Gasteiger partial charge in [-0.25, -0.2) is 15.3 Å². The highest BCUT2D eigenvalue weighted by Gasteiger charge is 2.06. The SMILES string of the molecule is CCOc1ccc(/C=N/NC(=O)CCc2n[nH]c(=O)[nH]c2=O)cc1. The molecule has 0 aliphatic heterocycles. The van der Waals surface area contributed by atoms with Crippen molar-refractivity contribution in [2.45, 2.75) is 19.8 Å². The Kier molecular flexibility index (Phi) is 6.01. The summed E-state index contributed by atoms with van der Waals surface area (Å²) in [6.07, 6.45) is 1.61. The quantitative estimate of drug-likeness (QED) is 0.483. The lowest BCUT2D eigenvalue weighted by Crippen LogP contribution is -2.28. The Bertz CT molecular complexity index is 823. The van der Waals surface area contributed by atoms with Crippen LogP contribution in [0, 0.1) is 0 Å². The highest BCUT2D eigenvalue weighted by molar-refractivity contribution is 5.82. The van der Waals surface area contributed by atoms with Crippen molar-refractivity contribution in [1.82, 2.24) is 20.6 Å². The molecule has 0 unspecified atom stereocenters. The molecule has 0 atom stereocenters. The molecule has 3 N–H and O–H groups in total. The van der Waals surface area contributed by atoms with Crippen LogP contribution in [0.25, 0.3) is 0 Å². The average Bonchev–Trinajstić information content (AvgIpc) is 2.56. The van der Waals surface area contributed by atoms with Crippen molar-refractivity contribution in [2.24, 2.45) is 5.10 Å². The minimum atomic E-state index is -0.687. The van der Waals surface area contributed by atoms with Crippen molar-refractivity contribution in [2.75, 3.05) is 6.61 Å². The molecule has 1 heterocycles. The summed E-state index contributed by atoms with van der Waals surface area (Å²) in [5.74, 6) is 0.391. The molecule has 9 nitrogen and oxygen atoms in total. The van der Waals surface area contributed by atoms with Gasteiger partial charge in [0.2, 0.25) is 5.91 Å². The van der Waals surface area contributed by atoms with Crippen LogP contribution in [0.3, 0.4) is 0 Å². The number of benzene rings is 1. The van der Waals surface area contributed by atoms with Crippen molar-refractivity contribution in [3.63, 3.8) is 0 Å². The van der Waals surface area contributed by atoms with E-state index in [2.05, 4.69) is 20.7 Å². The molecule has 1 amide bonds. The van der Waals surface area contributed by atoms with E-state index in [1.54, 1.807) is 12.1 Å². The zero-order valence-electron chi connectivity index (χ0n) is 13.0. The molecule has 0 aliphatic carbocycles. The Morgan fingerprint density at radius 2 is 2.08 bits per heavy atom. The molecule has 0 saturated heterocycles. The minimum absolute atomic E-state index is 0.0166. The first-order chi connectivity index (χ1) is 11.6. The molecule has 0 bridgehead atoms. The third-order valence-electron chi connectivity index (χ3n) is 2.96. The Balaban J connectivity index is 1.82. The van der Waals surface area contributed by atoms with Crippen LogP contribution in [-0.4, -0.2) is 33.9 Å². The first-order valence-corrected chi connectivity index (χ1v) is 7.31. The molecular weight excluding hydrogens is 314 g/mol. The van der Waals surface area contributed by atoms with E-state index in [1.165, 1.54) is 6.21 Å². The summed E-state index contributed by atoms with van der Waals surface area (Å²) in [5, 5.41) is 9.54. The molecule has 0 fully saturated rings. The molecule has 0 spiro atoms. The molecular formula is C15H17N5O4. The fourth-order valence-corrected chi connectivity index (χ4v) is 1.83. The molecule has 126 valence electrons. The van der Waals surface area contributed by atoms with Crippen LogP contribution < -0.4 is 21.4 Å². The highest BCUT2D eigenvalue weighted by Crippen LogP contribution is 2.10. The van der Waals surface area contributed by atoms with Crippen LogP contribution in [-0.2, 0) is 11.2 Å². The predicted octanol–water partition coefficient (Wildman–Crippen LogP) is -0.0602. The van der Waals surface area contributed by atoms with Crippen LogP contribution in [0.15, 0.2) is 39.0 Å². The molecule has 2 rings (SSSR count). The van der Waals surface area contributed by atoms with Gasteiger partial charge in [0.15, 0.2) is 0 Å². The lowest BCUT2D eigenvalue weighted by molar-refractivity contribution is -0.121. The Morgan fingerprint density at radius 3 is 2.75 bits per heavy atom. The maximum Gasteiger partial charge on any atom is 0.342 e. The first-order valence-electron chi connectivity index (χ1n) is 7.31. The minimum Gasteiger partial charge on any atom is -0.494 e. The number of hydrogen-bond donors (Lipinski definition) is 3. The fourth-order valence-electron chi connectivity index (χ4n) is 1.83. The molecule has 1 aromatic carbocycles. The van der Waals surface area contributed by atoms with Crippen molar-refractivity contribution in [1.29, 1.82) is 0 Å². The number of aryl methyl sites for hydroxylation is 1. The second kappa shape index (κ2) is 8.42. The van der Waals surface area contributed by atoms with Crippen LogP contribution >= 0.6 is 0 Å². The van der Waals surface area contributed by atoms with Gasteiger partial charge in [-0.15, -0.1) is 0 Å². The van der Waals surface area contributed by atoms with Gasteiger partial charge in [-0.2, -0.15) is 10.2 Å². The van der Waals surface area contributed by atoms with Crippen LogP contribution in [0.5, 0.6) is 5.75 Å². The summed E-state index contributed by atoms with van der Waals surface area (Å²) in [4.78, 5) is 36.0. The van der Waals surface area contributed by atoms with Gasteiger partial charge >= 0.3 is 5.69 Å². The summed E-state index contributed by atoms with van der Waals surface area (Å²) < 4.78 is 5.32. The zero-order valence-corrected chi connectivity index (χ0v) is 13.0. The molecule has 1 aromatic heterocycles. The summed E-state index contributed by atoms with van der Waals surface area (Å²) in [6, 6.07) is 7.23. The van der Waals surface area contributed by atoms with Crippen LogP contribution in [0.4, 0.5) is 0 Å². The van der Waals surface area contributed by atoms with E-state index in [1.807, 2.05) is 24.0 Å². The Labute approximate surface area is 136 Å². The van der Waals surface area contributed by atoms with Gasteiger partial charge in [0.25, 0.3) is 5.56 Å². The smallest absolute Gasteiger partial charge is 0.342 e. The number of rotatable bonds is 7. The van der Waals surface area contributed by atoms with E-state index in [-0.39, 0.29) is 24.4 Å². The maximum absolute atomic E-state index is 11.7. The first kappa shape index (κ1) is 17.1. The van der Waals surface area contributed by atoms with Gasteiger partial charge in [0.05, 0.1) is 12.8 Å². The van der Waals surface area contributed by atoms with Gasteiger partial charge < -0.3 is 4.74 Å². The van der Waals surface area contributed by atoms with E-state index in [0.29, 0.717) is 6.61 Å². The second-order valence-electron chi connectivity index (χ2n) is 4.75. The number of H-pyrrole nitrogens is 2. The third kappa shape index (κ3) is 5.20. The monoisotopic (exact) mass is 331 g/mol. The number of hydrogen-bond acceptors (Lipinski definition) is 6. The van der Waals surface area contributed by atoms with Crippen molar-refractivity contribution >= 4 is 12.1 Å². The topological polar surface area (TPSA) is 129 Å². The summed E-state index contributed by atoms with van der Waals surface area (Å²) in [5.41, 5.74) is 1.95. The molecule has 0 radical (unpaired) electrons. The number of carbonyl (C=O) groups excluding carboxylic acids is 1. The van der Waals surface area contributed by atoms with Gasteiger partial charge in [-0.3, -0.25) is 14.6 Å². The van der Waals surface area contributed by atoms with Crippen LogP contribution in [0.1, 0.15) is 24.6 Å². The molecule has 24 heavy (non-hydrogen) atoms. The number of amides is 1. The highest BCUT2D eigenvalue weighted by atomic mass is 16.5. The van der Waals surface area contributed by atoms with E-state index < -0.39 is 11.2 Å². The number of aromatic amines is 2. The summed E-state index contributed by atoms with van der Waals surface area (Å²) in [7, 11) is 0. The molecule has 0 saturated carbocycles. The second-order valence-corrected chi connectivity index (χ2v) is 4.75. The Morgan fingerprint density at radius 1 is 1.33 bits per heavy atom. The van der Waals surface area contributed by atoms with Gasteiger partial charge in [-0.05, 0) is 36.8 Å². The lowest BCUT2D eigenvalue weighted by atomic mass is 10.2. The number of hydrazone groups is 1. The van der Waals surface area contributed by atoms with E-state index in [4.69, 9.17) is 4.74 Å². The largest absolute Gasteiger partial charge is 0.494 e. The van der Waals surface area contributed by atoms with Gasteiger partial charge in [0, 0.05) is 12.8 Å². The van der Waals surface area contributed by atoms with Crippen LogP contribution in [0.2, 0.25) is 0 Å². The van der Waals surface area contributed by atoms with E-state index in [9.17, 15) is 14.4 Å². The van der Waals surface area contributed by atoms with E-state index in [0.717, 1.165) is 11.3 Å². The van der Waals surface area contributed by atoms with Crippen molar-refractivity contribution < 1.29 is 9.53 Å². The summed E-state index contributed by atoms with van der Waals surface area (Å²) >= 11 is 0.